The number of nitrogens with zero attached hydrogens (tertiary/aromatic N) is 1. The second kappa shape index (κ2) is 3.65. The molecule has 0 spiro atoms. The van der Waals surface area contributed by atoms with E-state index in [1.165, 1.54) is 7.11 Å². The van der Waals surface area contributed by atoms with Crippen molar-refractivity contribution in [1.82, 2.24) is 0 Å². The van der Waals surface area contributed by atoms with Crippen LogP contribution in [0.2, 0.25) is 0 Å². The summed E-state index contributed by atoms with van der Waals surface area (Å²) in [5.41, 5.74) is 0. The van der Waals surface area contributed by atoms with Crippen LogP contribution in [0.1, 0.15) is 13.8 Å². The molecule has 0 aliphatic rings. The Bertz CT molecular complexity index is 59.1. The summed E-state index contributed by atoms with van der Waals surface area (Å²) < 4.78 is 0. The number of hydrogen-bond acceptors (Lipinski definition) is 2. The average Bonchev–Trinajstić information content (AvgIpc) is 1.61. The molecule has 0 saturated carbocycles. The summed E-state index contributed by atoms with van der Waals surface area (Å²) in [4.78, 5) is 4.37. The molecule has 0 aliphatic heterocycles. The molecule has 0 heterocycles. The minimum Gasteiger partial charge on any atom is -0.399 e. The van der Waals surface area contributed by atoms with Crippen LogP contribution in [0, 0.1) is 5.92 Å². The smallest absolute Gasteiger partial charge is 0.107 e. The Labute approximate surface area is 44.2 Å². The topological polar surface area (TPSA) is 21.6 Å². The monoisotopic (exact) mass is 100 g/mol. The molecule has 7 heavy (non-hydrogen) atoms. The summed E-state index contributed by atoms with van der Waals surface area (Å²) in [6.07, 6.45) is 2.70. The molecule has 0 rings (SSSR count). The molecule has 2 nitrogen and oxygen atoms in total. The molecule has 41 valence electrons. The Morgan fingerprint density at radius 3 is 2.29 bits per heavy atom. The fourth-order valence-electron chi connectivity index (χ4n) is 0.158. The molecule has 0 aromatic rings. The van der Waals surface area contributed by atoms with Gasteiger partial charge < -0.3 is 4.84 Å². The van der Waals surface area contributed by atoms with Crippen molar-refractivity contribution in [3.8, 4) is 0 Å². The van der Waals surface area contributed by atoms with Crippen LogP contribution in [0.25, 0.3) is 0 Å². The maximum Gasteiger partial charge on any atom is 0.107 e. The van der Waals surface area contributed by atoms with E-state index in [1.54, 1.807) is 0 Å². The summed E-state index contributed by atoms with van der Waals surface area (Å²) in [5.74, 6) is 0.361. The van der Waals surface area contributed by atoms with E-state index in [9.17, 15) is 0 Å². The van der Waals surface area contributed by atoms with Gasteiger partial charge in [-0.2, -0.15) is 0 Å². The molecule has 0 amide bonds. The second-order valence-corrected chi connectivity index (χ2v) is 1.56. The van der Waals surface area contributed by atoms with Crippen molar-refractivity contribution in [3.63, 3.8) is 0 Å². The van der Waals surface area contributed by atoms with Crippen LogP contribution >= 0.6 is 0 Å². The SMILES string of the molecule is CO/N=[C]\C(C)C. The fraction of sp³-hybridized carbons (Fsp3) is 0.800. The predicted octanol–water partition coefficient (Wildman–Crippen LogP) is 1.15. The van der Waals surface area contributed by atoms with Crippen LogP contribution in [-0.4, -0.2) is 13.3 Å². The molecular formula is C5H10NO. The number of hydrogen-bond donors (Lipinski definition) is 0. The van der Waals surface area contributed by atoms with E-state index in [2.05, 4.69) is 16.2 Å². The van der Waals surface area contributed by atoms with E-state index >= 15 is 0 Å². The lowest BCUT2D eigenvalue weighted by atomic mass is 10.3. The van der Waals surface area contributed by atoms with Crippen molar-refractivity contribution >= 4 is 6.21 Å². The minimum absolute atomic E-state index is 0.361. The zero-order chi connectivity index (χ0) is 5.70. The second-order valence-electron chi connectivity index (χ2n) is 1.56. The third-order valence-corrected chi connectivity index (χ3v) is 0.402. The van der Waals surface area contributed by atoms with Crippen molar-refractivity contribution in [2.45, 2.75) is 13.8 Å². The molecule has 1 radical (unpaired) electrons. The molecule has 0 N–H and O–H groups in total. The first kappa shape index (κ1) is 6.47. The van der Waals surface area contributed by atoms with Crippen LogP contribution in [0.4, 0.5) is 0 Å². The van der Waals surface area contributed by atoms with Gasteiger partial charge in [-0.05, 0) is 0 Å². The molecule has 0 aromatic heterocycles. The van der Waals surface area contributed by atoms with E-state index in [4.69, 9.17) is 0 Å². The molecule has 2 heteroatoms. The van der Waals surface area contributed by atoms with Gasteiger partial charge >= 0.3 is 0 Å². The average molecular weight is 100 g/mol. The van der Waals surface area contributed by atoms with Gasteiger partial charge in [0.15, 0.2) is 0 Å². The lowest BCUT2D eigenvalue weighted by Gasteiger charge is -1.87. The Hall–Kier alpha value is -0.530. The van der Waals surface area contributed by atoms with Crippen molar-refractivity contribution in [1.29, 1.82) is 0 Å². The van der Waals surface area contributed by atoms with Crippen molar-refractivity contribution in [3.05, 3.63) is 0 Å². The Morgan fingerprint density at radius 2 is 2.14 bits per heavy atom. The third kappa shape index (κ3) is 5.47. The number of rotatable bonds is 2. The van der Waals surface area contributed by atoms with E-state index in [0.29, 0.717) is 5.92 Å². The lowest BCUT2D eigenvalue weighted by molar-refractivity contribution is 0.213. The van der Waals surface area contributed by atoms with Crippen molar-refractivity contribution in [2.75, 3.05) is 7.11 Å². The first-order valence-corrected chi connectivity index (χ1v) is 2.26. The molecule has 0 saturated heterocycles. The summed E-state index contributed by atoms with van der Waals surface area (Å²) in [6.45, 7) is 3.98. The standard InChI is InChI=1S/C5H10NO/c1-5(2)4-6-7-3/h5H,1-3H3. The van der Waals surface area contributed by atoms with E-state index in [1.807, 2.05) is 13.8 Å². The first-order valence-electron chi connectivity index (χ1n) is 2.26. The van der Waals surface area contributed by atoms with Crippen molar-refractivity contribution < 1.29 is 4.84 Å². The van der Waals surface area contributed by atoms with Crippen LogP contribution < -0.4 is 0 Å². The van der Waals surface area contributed by atoms with E-state index < -0.39 is 0 Å². The van der Waals surface area contributed by atoms with Gasteiger partial charge in [0, 0.05) is 5.92 Å². The summed E-state index contributed by atoms with van der Waals surface area (Å²) >= 11 is 0. The molecular weight excluding hydrogens is 90.1 g/mol. The highest BCUT2D eigenvalue weighted by atomic mass is 16.6. The first-order chi connectivity index (χ1) is 3.27. The van der Waals surface area contributed by atoms with Gasteiger partial charge in [-0.15, -0.1) is 0 Å². The molecule has 0 atom stereocenters. The zero-order valence-electron chi connectivity index (χ0n) is 4.93. The normalized spacial score (nSPS) is 10.9. The Morgan fingerprint density at radius 1 is 1.57 bits per heavy atom. The summed E-state index contributed by atoms with van der Waals surface area (Å²) in [7, 11) is 1.51. The van der Waals surface area contributed by atoms with E-state index in [-0.39, 0.29) is 0 Å². The predicted molar refractivity (Wildman–Crippen MR) is 29.3 cm³/mol. The molecule has 0 bridgehead atoms. The summed E-state index contributed by atoms with van der Waals surface area (Å²) in [5, 5.41) is 3.42. The van der Waals surface area contributed by atoms with E-state index in [0.717, 1.165) is 0 Å². The quantitative estimate of drug-likeness (QED) is 0.377. The molecule has 0 aliphatic carbocycles. The largest absolute Gasteiger partial charge is 0.399 e. The van der Waals surface area contributed by atoms with Crippen LogP contribution in [0.5, 0.6) is 0 Å². The zero-order valence-corrected chi connectivity index (χ0v) is 4.93. The lowest BCUT2D eigenvalue weighted by Crippen LogP contribution is -1.86. The highest BCUT2D eigenvalue weighted by Gasteiger charge is 1.82. The molecule has 0 unspecified atom stereocenters. The highest BCUT2D eigenvalue weighted by Crippen LogP contribution is 1.83. The van der Waals surface area contributed by atoms with Crippen LogP contribution in [-0.2, 0) is 4.84 Å². The molecule has 0 aromatic carbocycles. The van der Waals surface area contributed by atoms with Gasteiger partial charge in [-0.1, -0.05) is 19.0 Å². The third-order valence-electron chi connectivity index (χ3n) is 0.402. The van der Waals surface area contributed by atoms with Gasteiger partial charge in [0.25, 0.3) is 0 Å². The van der Waals surface area contributed by atoms with Gasteiger partial charge in [-0.25, -0.2) is 0 Å². The maximum atomic E-state index is 4.37. The van der Waals surface area contributed by atoms with Crippen LogP contribution in [0.15, 0.2) is 5.16 Å². The fourth-order valence-corrected chi connectivity index (χ4v) is 0.158. The minimum atomic E-state index is 0.361. The maximum absolute atomic E-state index is 4.37. The highest BCUT2D eigenvalue weighted by molar-refractivity contribution is 5.58. The molecule has 0 fully saturated rings. The van der Waals surface area contributed by atoms with Crippen LogP contribution in [0.3, 0.4) is 0 Å². The Balaban J connectivity index is 3.08. The Kier molecular flexibility index (Phi) is 3.38. The van der Waals surface area contributed by atoms with Crippen molar-refractivity contribution in [2.24, 2.45) is 11.1 Å². The van der Waals surface area contributed by atoms with Gasteiger partial charge in [0.2, 0.25) is 0 Å². The van der Waals surface area contributed by atoms with Gasteiger partial charge in [0.1, 0.15) is 13.3 Å². The summed E-state index contributed by atoms with van der Waals surface area (Å²) in [6, 6.07) is 0. The van der Waals surface area contributed by atoms with Gasteiger partial charge in [0.05, 0.1) is 0 Å². The van der Waals surface area contributed by atoms with Gasteiger partial charge in [-0.3, -0.25) is 0 Å².